The van der Waals surface area contributed by atoms with Crippen LogP contribution in [0, 0.1) is 7.27 Å². The molecule has 1 nitrogen and oxygen atoms in total. The highest BCUT2D eigenvalue weighted by Gasteiger charge is 2.36. The van der Waals surface area contributed by atoms with Crippen molar-refractivity contribution < 1.29 is 26.3 Å². The maximum Gasteiger partial charge on any atom is 0.447 e. The van der Waals surface area contributed by atoms with Crippen molar-refractivity contribution in [3.8, 4) is 0 Å². The Hall–Kier alpha value is 1.02. The van der Waals surface area contributed by atoms with Crippen LogP contribution in [0.15, 0.2) is 9.92 Å². The average Bonchev–Trinajstić information content (AvgIpc) is 2.27. The Morgan fingerprint density at radius 1 is 0.882 bits per heavy atom. The third-order valence-electron chi connectivity index (χ3n) is 1.26. The molecule has 0 radical (unpaired) electrons. The standard InChI is InChI=1S/C6HF6I2NS2/c7-5(8,9)16-2-1(13)4(15-3(2)14)17-6(10,11)12/h15H. The van der Waals surface area contributed by atoms with Crippen LogP contribution >= 0.6 is 68.7 Å². The molecule has 0 aliphatic heterocycles. The van der Waals surface area contributed by atoms with Crippen molar-refractivity contribution in [1.29, 1.82) is 0 Å². The number of H-pyrrole nitrogens is 1. The predicted molar refractivity (Wildman–Crippen MR) is 70.1 cm³/mol. The second-order valence-corrected chi connectivity index (χ2v) is 6.81. The molecule has 11 heteroatoms. The predicted octanol–water partition coefficient (Wildman–Crippen LogP) is 5.45. The SMILES string of the molecule is FC(F)(F)Sc1[nH]c(I)c(SC(F)(F)F)c1I. The lowest BCUT2D eigenvalue weighted by molar-refractivity contribution is -0.0336. The van der Waals surface area contributed by atoms with Gasteiger partial charge in [-0.15, -0.1) is 0 Å². The van der Waals surface area contributed by atoms with Crippen molar-refractivity contribution >= 4 is 68.7 Å². The van der Waals surface area contributed by atoms with Crippen LogP contribution in [0.3, 0.4) is 0 Å². The molecular formula is C6HF6I2NS2. The Morgan fingerprint density at radius 3 is 1.76 bits per heavy atom. The van der Waals surface area contributed by atoms with Crippen molar-refractivity contribution in [2.45, 2.75) is 20.9 Å². The first-order valence-corrected chi connectivity index (χ1v) is 7.37. The van der Waals surface area contributed by atoms with Crippen LogP contribution in [0.5, 0.6) is 0 Å². The third-order valence-corrected chi connectivity index (χ3v) is 5.83. The highest BCUT2D eigenvalue weighted by Crippen LogP contribution is 2.46. The first kappa shape index (κ1) is 16.1. The van der Waals surface area contributed by atoms with Gasteiger partial charge in [0.15, 0.2) is 0 Å². The largest absolute Gasteiger partial charge is 0.447 e. The molecular weight excluding hydrogens is 518 g/mol. The van der Waals surface area contributed by atoms with E-state index in [0.717, 1.165) is 0 Å². The molecule has 0 spiro atoms. The van der Waals surface area contributed by atoms with E-state index < -0.39 is 34.5 Å². The van der Waals surface area contributed by atoms with Crippen LogP contribution in [0.25, 0.3) is 0 Å². The fourth-order valence-corrected chi connectivity index (χ4v) is 4.64. The van der Waals surface area contributed by atoms with Crippen molar-refractivity contribution in [3.05, 3.63) is 7.27 Å². The van der Waals surface area contributed by atoms with E-state index in [1.165, 1.54) is 45.2 Å². The fraction of sp³-hybridized carbons (Fsp3) is 0.333. The van der Waals surface area contributed by atoms with Gasteiger partial charge in [-0.05, 0) is 56.9 Å². The monoisotopic (exact) mass is 519 g/mol. The molecule has 17 heavy (non-hydrogen) atoms. The summed E-state index contributed by atoms with van der Waals surface area (Å²) in [6.07, 6.45) is 0. The lowest BCUT2D eigenvalue weighted by atomic mass is 10.7. The number of nitrogens with one attached hydrogen (secondary N) is 1. The first-order chi connectivity index (χ1) is 7.49. The molecule has 0 amide bonds. The van der Waals surface area contributed by atoms with E-state index in [9.17, 15) is 26.3 Å². The number of halogens is 8. The summed E-state index contributed by atoms with van der Waals surface area (Å²) in [5.74, 6) is 0. The lowest BCUT2D eigenvalue weighted by Gasteiger charge is -2.05. The zero-order valence-corrected chi connectivity index (χ0v) is 13.3. The van der Waals surface area contributed by atoms with Gasteiger partial charge in [-0.3, -0.25) is 0 Å². The van der Waals surface area contributed by atoms with E-state index in [0.29, 0.717) is 0 Å². The topological polar surface area (TPSA) is 15.8 Å². The van der Waals surface area contributed by atoms with Gasteiger partial charge in [-0.1, -0.05) is 0 Å². The number of rotatable bonds is 2. The van der Waals surface area contributed by atoms with Gasteiger partial charge in [-0.25, -0.2) is 0 Å². The zero-order valence-electron chi connectivity index (χ0n) is 7.34. The van der Waals surface area contributed by atoms with Crippen LogP contribution in [-0.2, 0) is 0 Å². The average molecular weight is 519 g/mol. The van der Waals surface area contributed by atoms with Gasteiger partial charge in [0.05, 0.1) is 17.2 Å². The summed E-state index contributed by atoms with van der Waals surface area (Å²) in [7, 11) is 0. The van der Waals surface area contributed by atoms with Crippen LogP contribution in [0.1, 0.15) is 0 Å². The molecule has 98 valence electrons. The summed E-state index contributed by atoms with van der Waals surface area (Å²) in [5, 5.41) is -0.325. The van der Waals surface area contributed by atoms with Gasteiger partial charge in [0.2, 0.25) is 0 Å². The van der Waals surface area contributed by atoms with Gasteiger partial charge in [0.1, 0.15) is 0 Å². The highest BCUT2D eigenvalue weighted by molar-refractivity contribution is 14.1. The molecule has 0 saturated carbocycles. The molecule has 1 N–H and O–H groups in total. The molecule has 1 rings (SSSR count). The number of aromatic nitrogens is 1. The Labute approximate surface area is 127 Å². The highest BCUT2D eigenvalue weighted by atomic mass is 127. The Morgan fingerprint density at radius 2 is 1.35 bits per heavy atom. The van der Waals surface area contributed by atoms with Crippen molar-refractivity contribution in [1.82, 2.24) is 4.98 Å². The number of thioether (sulfide) groups is 2. The van der Waals surface area contributed by atoms with Gasteiger partial charge >= 0.3 is 11.0 Å². The van der Waals surface area contributed by atoms with Gasteiger partial charge in [0.25, 0.3) is 0 Å². The summed E-state index contributed by atoms with van der Waals surface area (Å²) in [4.78, 5) is 2.06. The lowest BCUT2D eigenvalue weighted by Crippen LogP contribution is -2.01. The number of alkyl halides is 6. The number of hydrogen-bond donors (Lipinski definition) is 1. The van der Waals surface area contributed by atoms with Crippen LogP contribution in [-0.4, -0.2) is 16.0 Å². The molecule has 0 bridgehead atoms. The molecule has 1 aromatic rings. The normalized spacial score (nSPS) is 13.2. The van der Waals surface area contributed by atoms with Gasteiger partial charge in [-0.2, -0.15) is 26.3 Å². The van der Waals surface area contributed by atoms with Crippen molar-refractivity contribution in [2.24, 2.45) is 0 Å². The Kier molecular flexibility index (Phi) is 5.26. The van der Waals surface area contributed by atoms with E-state index in [-0.39, 0.29) is 17.2 Å². The molecule has 0 aliphatic carbocycles. The minimum atomic E-state index is -4.53. The third kappa shape index (κ3) is 5.26. The van der Waals surface area contributed by atoms with E-state index >= 15 is 0 Å². The fourth-order valence-electron chi connectivity index (χ4n) is 0.802. The molecule has 0 saturated heterocycles. The molecule has 0 fully saturated rings. The summed E-state index contributed by atoms with van der Waals surface area (Å²) in [5.41, 5.74) is -9.06. The molecule has 1 aromatic heterocycles. The second kappa shape index (κ2) is 5.56. The number of hydrogen-bond acceptors (Lipinski definition) is 2. The maximum absolute atomic E-state index is 12.2. The van der Waals surface area contributed by atoms with E-state index in [4.69, 9.17) is 0 Å². The molecule has 0 aromatic carbocycles. The van der Waals surface area contributed by atoms with Gasteiger partial charge < -0.3 is 4.98 Å². The minimum Gasteiger partial charge on any atom is -0.343 e. The van der Waals surface area contributed by atoms with Crippen LogP contribution in [0.4, 0.5) is 26.3 Å². The quantitative estimate of drug-likeness (QED) is 0.318. The summed E-state index contributed by atoms with van der Waals surface area (Å²) in [6.45, 7) is 0. The first-order valence-electron chi connectivity index (χ1n) is 3.58. The molecule has 1 heterocycles. The second-order valence-electron chi connectivity index (χ2n) is 2.51. The minimum absolute atomic E-state index is 0.0427. The maximum atomic E-state index is 12.2. The summed E-state index contributed by atoms with van der Waals surface area (Å²) in [6, 6.07) is 0. The van der Waals surface area contributed by atoms with E-state index in [1.807, 2.05) is 0 Å². The van der Waals surface area contributed by atoms with Crippen molar-refractivity contribution in [3.63, 3.8) is 0 Å². The van der Waals surface area contributed by atoms with E-state index in [1.54, 1.807) is 0 Å². The Balaban J connectivity index is 3.02. The summed E-state index contributed by atoms with van der Waals surface area (Å²) >= 11 is 2.11. The zero-order chi connectivity index (χ0) is 13.4. The van der Waals surface area contributed by atoms with E-state index in [2.05, 4.69) is 4.98 Å². The van der Waals surface area contributed by atoms with Crippen LogP contribution < -0.4 is 0 Å². The molecule has 0 atom stereocenters. The van der Waals surface area contributed by atoms with Gasteiger partial charge in [0, 0.05) is 11.8 Å². The smallest absolute Gasteiger partial charge is 0.343 e. The molecule has 0 aliphatic rings. The van der Waals surface area contributed by atoms with Crippen molar-refractivity contribution in [2.75, 3.05) is 0 Å². The number of aromatic amines is 1. The Bertz CT molecular complexity index is 412. The molecule has 0 unspecified atom stereocenters. The summed E-state index contributed by atoms with van der Waals surface area (Å²) < 4.78 is 72.8. The van der Waals surface area contributed by atoms with Crippen LogP contribution in [0.2, 0.25) is 0 Å².